The van der Waals surface area contributed by atoms with Crippen molar-refractivity contribution in [1.82, 2.24) is 0 Å². The van der Waals surface area contributed by atoms with Crippen molar-refractivity contribution in [2.75, 3.05) is 0 Å². The Morgan fingerprint density at radius 1 is 0.682 bits per heavy atom. The minimum Gasteiger partial charge on any atom is -0.489 e. The summed E-state index contributed by atoms with van der Waals surface area (Å²) in [4.78, 5) is 1.23. The van der Waals surface area contributed by atoms with Crippen molar-refractivity contribution in [3.63, 3.8) is 0 Å². The molecule has 3 aromatic carbocycles. The maximum absolute atomic E-state index is 5.87. The predicted molar refractivity (Wildman–Crippen MR) is 93.2 cm³/mol. The van der Waals surface area contributed by atoms with E-state index in [1.807, 2.05) is 48.2 Å². The molecule has 0 radical (unpaired) electrons. The van der Waals surface area contributed by atoms with Crippen molar-refractivity contribution in [2.45, 2.75) is 17.3 Å². The van der Waals surface area contributed by atoms with E-state index >= 15 is 0 Å². The van der Waals surface area contributed by atoms with Crippen molar-refractivity contribution in [3.8, 4) is 5.75 Å². The smallest absolute Gasteiger partial charge is 0.120 e. The first-order valence-corrected chi connectivity index (χ1v) is 8.32. The van der Waals surface area contributed by atoms with Crippen LogP contribution in [-0.2, 0) is 12.4 Å². The Labute approximate surface area is 136 Å². The lowest BCUT2D eigenvalue weighted by molar-refractivity contribution is 0.305. The van der Waals surface area contributed by atoms with Crippen molar-refractivity contribution in [3.05, 3.63) is 96.1 Å². The van der Waals surface area contributed by atoms with Crippen LogP contribution in [0.1, 0.15) is 11.1 Å². The summed E-state index contributed by atoms with van der Waals surface area (Å²) >= 11 is 1.83. The highest BCUT2D eigenvalue weighted by Gasteiger charge is 2.00. The lowest BCUT2D eigenvalue weighted by Crippen LogP contribution is -1.94. The molecule has 0 aliphatic carbocycles. The van der Waals surface area contributed by atoms with Gasteiger partial charge < -0.3 is 4.74 Å². The monoisotopic (exact) mass is 306 g/mol. The summed E-state index contributed by atoms with van der Waals surface area (Å²) < 4.78 is 5.87. The summed E-state index contributed by atoms with van der Waals surface area (Å²) in [5.41, 5.74) is 2.52. The van der Waals surface area contributed by atoms with Gasteiger partial charge in [0.2, 0.25) is 0 Å². The second kappa shape index (κ2) is 7.71. The summed E-state index contributed by atoms with van der Waals surface area (Å²) in [6.07, 6.45) is 0. The van der Waals surface area contributed by atoms with Gasteiger partial charge in [0, 0.05) is 10.6 Å². The van der Waals surface area contributed by atoms with E-state index in [1.165, 1.54) is 16.0 Å². The average Bonchev–Trinajstić information content (AvgIpc) is 2.60. The summed E-state index contributed by atoms with van der Waals surface area (Å²) in [7, 11) is 0. The Hall–Kier alpha value is -2.19. The molecule has 0 heterocycles. The number of rotatable bonds is 6. The van der Waals surface area contributed by atoms with E-state index in [-0.39, 0.29) is 0 Å². The van der Waals surface area contributed by atoms with Gasteiger partial charge in [0.15, 0.2) is 0 Å². The fourth-order valence-electron chi connectivity index (χ4n) is 2.14. The van der Waals surface area contributed by atoms with Gasteiger partial charge in [0.05, 0.1) is 0 Å². The highest BCUT2D eigenvalue weighted by molar-refractivity contribution is 7.98. The third-order valence-electron chi connectivity index (χ3n) is 3.30. The number of hydrogen-bond donors (Lipinski definition) is 0. The highest BCUT2D eigenvalue weighted by Crippen LogP contribution is 2.26. The highest BCUT2D eigenvalue weighted by atomic mass is 32.2. The Kier molecular flexibility index (Phi) is 5.17. The summed E-state index contributed by atoms with van der Waals surface area (Å²) in [6.45, 7) is 0.605. The number of ether oxygens (including phenoxy) is 1. The number of thioether (sulfide) groups is 1. The molecule has 2 heteroatoms. The van der Waals surface area contributed by atoms with Crippen LogP contribution < -0.4 is 4.74 Å². The van der Waals surface area contributed by atoms with Gasteiger partial charge in [-0.15, -0.1) is 11.8 Å². The first-order chi connectivity index (χ1) is 10.9. The van der Waals surface area contributed by atoms with Crippen LogP contribution in [0, 0.1) is 0 Å². The van der Waals surface area contributed by atoms with Crippen molar-refractivity contribution in [1.29, 1.82) is 0 Å². The van der Waals surface area contributed by atoms with Crippen LogP contribution in [0.15, 0.2) is 89.8 Å². The van der Waals surface area contributed by atoms with Crippen molar-refractivity contribution in [2.24, 2.45) is 0 Å². The standard InChI is InChI=1S/C20H18OS/c1-3-8-17(9-4-1)15-21-19-12-7-13-20(14-19)22-16-18-10-5-2-6-11-18/h1-14H,15-16H2. The largest absolute Gasteiger partial charge is 0.489 e. The molecule has 1 nitrogen and oxygen atoms in total. The minimum atomic E-state index is 0.605. The summed E-state index contributed by atoms with van der Waals surface area (Å²) in [5, 5.41) is 0. The second-order valence-corrected chi connectivity index (χ2v) is 6.07. The third kappa shape index (κ3) is 4.40. The van der Waals surface area contributed by atoms with Gasteiger partial charge in [-0.3, -0.25) is 0 Å². The second-order valence-electron chi connectivity index (χ2n) is 5.02. The summed E-state index contributed by atoms with van der Waals surface area (Å²) in [6, 6.07) is 29.0. The van der Waals surface area contributed by atoms with Gasteiger partial charge in [-0.1, -0.05) is 66.7 Å². The number of benzene rings is 3. The molecule has 0 saturated carbocycles. The Morgan fingerprint density at radius 2 is 1.36 bits per heavy atom. The van der Waals surface area contributed by atoms with Crippen LogP contribution >= 0.6 is 11.8 Å². The fraction of sp³-hybridized carbons (Fsp3) is 0.100. The Balaban J connectivity index is 1.58. The van der Waals surface area contributed by atoms with Gasteiger partial charge in [-0.25, -0.2) is 0 Å². The van der Waals surface area contributed by atoms with E-state index in [2.05, 4.69) is 48.5 Å². The Bertz CT molecular complexity index is 636. The lowest BCUT2D eigenvalue weighted by Gasteiger charge is -2.08. The predicted octanol–water partition coefficient (Wildman–Crippen LogP) is 5.56. The van der Waals surface area contributed by atoms with E-state index in [0.29, 0.717) is 6.61 Å². The molecular formula is C20H18OS. The van der Waals surface area contributed by atoms with Gasteiger partial charge >= 0.3 is 0 Å². The molecule has 0 unspecified atom stereocenters. The minimum absolute atomic E-state index is 0.605. The van der Waals surface area contributed by atoms with Crippen molar-refractivity contribution < 1.29 is 4.74 Å². The molecule has 0 spiro atoms. The molecule has 0 aliphatic heterocycles. The maximum atomic E-state index is 5.87. The van der Waals surface area contributed by atoms with E-state index in [9.17, 15) is 0 Å². The summed E-state index contributed by atoms with van der Waals surface area (Å²) in [5.74, 6) is 1.89. The molecule has 3 aromatic rings. The van der Waals surface area contributed by atoms with E-state index in [4.69, 9.17) is 4.74 Å². The quantitative estimate of drug-likeness (QED) is 0.552. The molecule has 110 valence electrons. The van der Waals surface area contributed by atoms with E-state index < -0.39 is 0 Å². The molecule has 0 aliphatic rings. The number of hydrogen-bond acceptors (Lipinski definition) is 2. The molecule has 3 rings (SSSR count). The first-order valence-electron chi connectivity index (χ1n) is 7.34. The average molecular weight is 306 g/mol. The maximum Gasteiger partial charge on any atom is 0.120 e. The third-order valence-corrected chi connectivity index (χ3v) is 4.37. The van der Waals surface area contributed by atoms with Crippen LogP contribution in [-0.4, -0.2) is 0 Å². The van der Waals surface area contributed by atoms with Crippen molar-refractivity contribution >= 4 is 11.8 Å². The molecule has 0 aromatic heterocycles. The lowest BCUT2D eigenvalue weighted by atomic mass is 10.2. The molecule has 0 atom stereocenters. The van der Waals surface area contributed by atoms with Crippen LogP contribution in [0.5, 0.6) is 5.75 Å². The molecule has 22 heavy (non-hydrogen) atoms. The van der Waals surface area contributed by atoms with E-state index in [1.54, 1.807) is 0 Å². The van der Waals surface area contributed by atoms with Crippen LogP contribution in [0.4, 0.5) is 0 Å². The first kappa shape index (κ1) is 14.7. The van der Waals surface area contributed by atoms with Crippen LogP contribution in [0.25, 0.3) is 0 Å². The van der Waals surface area contributed by atoms with E-state index in [0.717, 1.165) is 11.5 Å². The molecule has 0 amide bonds. The molecule has 0 fully saturated rings. The zero-order chi connectivity index (χ0) is 15.0. The van der Waals surface area contributed by atoms with Gasteiger partial charge in [-0.2, -0.15) is 0 Å². The Morgan fingerprint density at radius 3 is 2.09 bits per heavy atom. The SMILES string of the molecule is c1ccc(COc2cccc(SCc3ccccc3)c2)cc1. The van der Waals surface area contributed by atoms with Gasteiger partial charge in [0.1, 0.15) is 12.4 Å². The molecule has 0 N–H and O–H groups in total. The fourth-order valence-corrected chi connectivity index (χ4v) is 3.04. The normalized spacial score (nSPS) is 10.4. The molecule has 0 bridgehead atoms. The molecular weight excluding hydrogens is 288 g/mol. The zero-order valence-electron chi connectivity index (χ0n) is 12.3. The van der Waals surface area contributed by atoms with Crippen LogP contribution in [0.2, 0.25) is 0 Å². The zero-order valence-corrected chi connectivity index (χ0v) is 13.1. The van der Waals surface area contributed by atoms with Gasteiger partial charge in [0.25, 0.3) is 0 Å². The molecule has 0 saturated heterocycles. The topological polar surface area (TPSA) is 9.23 Å². The van der Waals surface area contributed by atoms with Crippen LogP contribution in [0.3, 0.4) is 0 Å². The van der Waals surface area contributed by atoms with Gasteiger partial charge in [-0.05, 0) is 29.3 Å².